The van der Waals surface area contributed by atoms with Gasteiger partial charge in [-0.2, -0.15) is 0 Å². The van der Waals surface area contributed by atoms with Gasteiger partial charge in [0, 0.05) is 4.88 Å². The third-order valence-electron chi connectivity index (χ3n) is 4.50. The monoisotopic (exact) mass is 405 g/mol. The Morgan fingerprint density at radius 2 is 1.96 bits per heavy atom. The van der Waals surface area contributed by atoms with Gasteiger partial charge in [-0.15, -0.1) is 22.7 Å². The topological polar surface area (TPSA) is 72.7 Å². The number of aryl methyl sites for hydroxylation is 1. The van der Waals surface area contributed by atoms with Crippen LogP contribution >= 0.6 is 22.7 Å². The average Bonchev–Trinajstić information content (AvgIpc) is 3.36. The van der Waals surface area contributed by atoms with Crippen molar-refractivity contribution in [3.05, 3.63) is 75.2 Å². The van der Waals surface area contributed by atoms with Gasteiger partial charge in [0.25, 0.3) is 5.56 Å². The Bertz CT molecular complexity index is 1340. The van der Waals surface area contributed by atoms with Gasteiger partial charge in [0.2, 0.25) is 0 Å². The van der Waals surface area contributed by atoms with Gasteiger partial charge in [0.1, 0.15) is 33.5 Å². The number of nitrogens with one attached hydrogen (secondary N) is 1. The average molecular weight is 406 g/mol. The molecule has 0 fully saturated rings. The number of thiophene rings is 2. The molecule has 0 aliphatic rings. The van der Waals surface area contributed by atoms with Crippen LogP contribution in [0.5, 0.6) is 0 Å². The Labute approximate surface area is 168 Å². The van der Waals surface area contributed by atoms with E-state index in [0.29, 0.717) is 22.6 Å². The van der Waals surface area contributed by atoms with Crippen molar-refractivity contribution in [2.75, 3.05) is 5.32 Å². The van der Waals surface area contributed by atoms with E-state index in [-0.39, 0.29) is 5.56 Å². The molecule has 0 radical (unpaired) electrons. The molecule has 5 rings (SSSR count). The summed E-state index contributed by atoms with van der Waals surface area (Å²) < 4.78 is 2.15. The highest BCUT2D eigenvalue weighted by Gasteiger charge is 2.17. The first-order chi connectivity index (χ1) is 13.7. The molecule has 0 aliphatic carbocycles. The zero-order chi connectivity index (χ0) is 19.1. The lowest BCUT2D eigenvalue weighted by molar-refractivity contribution is 0.966. The molecule has 5 aromatic rings. The van der Waals surface area contributed by atoms with E-state index in [1.54, 1.807) is 22.2 Å². The van der Waals surface area contributed by atoms with E-state index in [1.807, 2.05) is 42.6 Å². The highest BCUT2D eigenvalue weighted by molar-refractivity contribution is 7.25. The van der Waals surface area contributed by atoms with Crippen molar-refractivity contribution in [1.29, 1.82) is 0 Å². The van der Waals surface area contributed by atoms with Gasteiger partial charge in [-0.1, -0.05) is 23.8 Å². The van der Waals surface area contributed by atoms with Gasteiger partial charge < -0.3 is 5.32 Å². The summed E-state index contributed by atoms with van der Waals surface area (Å²) in [5.41, 5.74) is 2.48. The summed E-state index contributed by atoms with van der Waals surface area (Å²) in [5, 5.41) is 6.20. The van der Waals surface area contributed by atoms with E-state index in [0.717, 1.165) is 21.5 Å². The summed E-state index contributed by atoms with van der Waals surface area (Å²) in [6, 6.07) is 11.9. The van der Waals surface area contributed by atoms with Crippen LogP contribution in [-0.2, 0) is 6.54 Å². The Morgan fingerprint density at radius 1 is 1.11 bits per heavy atom. The van der Waals surface area contributed by atoms with Crippen molar-refractivity contribution in [3.8, 4) is 5.69 Å². The fourth-order valence-corrected chi connectivity index (χ4v) is 4.74. The highest BCUT2D eigenvalue weighted by Crippen LogP contribution is 2.33. The number of aromatic nitrogens is 4. The lowest BCUT2D eigenvalue weighted by Gasteiger charge is -2.06. The first-order valence-corrected chi connectivity index (χ1v) is 10.4. The highest BCUT2D eigenvalue weighted by atomic mass is 32.1. The van der Waals surface area contributed by atoms with Gasteiger partial charge in [0.05, 0.1) is 17.6 Å². The summed E-state index contributed by atoms with van der Waals surface area (Å²) in [6.45, 7) is 2.69. The maximum absolute atomic E-state index is 13.1. The number of nitrogens with zero attached hydrogens (tertiary/aromatic N) is 4. The Hall–Kier alpha value is -3.10. The third-order valence-corrected chi connectivity index (χ3v) is 6.45. The molecule has 0 spiro atoms. The second-order valence-electron chi connectivity index (χ2n) is 6.37. The van der Waals surface area contributed by atoms with Gasteiger partial charge >= 0.3 is 0 Å². The lowest BCUT2D eigenvalue weighted by atomic mass is 10.2. The van der Waals surface area contributed by atoms with Crippen molar-refractivity contribution in [3.63, 3.8) is 0 Å². The predicted octanol–water partition coefficient (Wildman–Crippen LogP) is 4.37. The largest absolute Gasteiger partial charge is 0.364 e. The summed E-state index contributed by atoms with van der Waals surface area (Å²) in [5.74, 6) is 0.699. The molecular formula is C20H15N5OS2. The van der Waals surface area contributed by atoms with Crippen LogP contribution in [0.2, 0.25) is 0 Å². The van der Waals surface area contributed by atoms with E-state index < -0.39 is 0 Å². The number of fused-ring (bicyclic) bond motifs is 3. The molecule has 1 aromatic carbocycles. The first kappa shape index (κ1) is 17.0. The second-order valence-corrected chi connectivity index (χ2v) is 8.40. The quantitative estimate of drug-likeness (QED) is 0.481. The van der Waals surface area contributed by atoms with Gasteiger partial charge in [-0.25, -0.2) is 15.0 Å². The molecule has 0 saturated carbocycles. The Balaban J connectivity index is 1.64. The normalized spacial score (nSPS) is 11.3. The Morgan fingerprint density at radius 3 is 2.75 bits per heavy atom. The van der Waals surface area contributed by atoms with Crippen molar-refractivity contribution >= 4 is 48.9 Å². The van der Waals surface area contributed by atoms with E-state index >= 15 is 0 Å². The molecule has 0 saturated heterocycles. The van der Waals surface area contributed by atoms with Crippen LogP contribution in [0.3, 0.4) is 0 Å². The van der Waals surface area contributed by atoms with Crippen LogP contribution in [0.15, 0.2) is 59.2 Å². The van der Waals surface area contributed by atoms with Crippen molar-refractivity contribution < 1.29 is 0 Å². The third kappa shape index (κ3) is 2.87. The second kappa shape index (κ2) is 6.81. The van der Waals surface area contributed by atoms with Crippen molar-refractivity contribution in [2.45, 2.75) is 13.5 Å². The zero-order valence-electron chi connectivity index (χ0n) is 14.9. The number of hydrogen-bond acceptors (Lipinski definition) is 7. The smallest absolute Gasteiger partial charge is 0.275 e. The SMILES string of the molecule is Cc1ccc(-n2cnc3c(sc4ncnc(NCc5cccs5)c43)c2=O)cc1. The molecule has 4 heterocycles. The minimum Gasteiger partial charge on any atom is -0.364 e. The van der Waals surface area contributed by atoms with E-state index in [2.05, 4.69) is 26.3 Å². The molecule has 1 N–H and O–H groups in total. The van der Waals surface area contributed by atoms with E-state index in [4.69, 9.17) is 0 Å². The molecule has 138 valence electrons. The molecule has 6 nitrogen and oxygen atoms in total. The summed E-state index contributed by atoms with van der Waals surface area (Å²) in [4.78, 5) is 28.4. The molecular weight excluding hydrogens is 390 g/mol. The molecule has 0 bridgehead atoms. The first-order valence-electron chi connectivity index (χ1n) is 8.69. The summed E-state index contributed by atoms with van der Waals surface area (Å²) in [6.07, 6.45) is 3.10. The Kier molecular flexibility index (Phi) is 4.14. The molecule has 4 aromatic heterocycles. The fraction of sp³-hybridized carbons (Fsp3) is 0.100. The summed E-state index contributed by atoms with van der Waals surface area (Å²) >= 11 is 3.04. The van der Waals surface area contributed by atoms with Crippen LogP contribution in [0.25, 0.3) is 26.1 Å². The maximum atomic E-state index is 13.1. The maximum Gasteiger partial charge on any atom is 0.275 e. The number of anilines is 1. The summed E-state index contributed by atoms with van der Waals surface area (Å²) in [7, 11) is 0. The van der Waals surface area contributed by atoms with Crippen LogP contribution in [0.4, 0.5) is 5.82 Å². The molecule has 0 aliphatic heterocycles. The van der Waals surface area contributed by atoms with Crippen molar-refractivity contribution in [2.24, 2.45) is 0 Å². The zero-order valence-corrected chi connectivity index (χ0v) is 16.5. The van der Waals surface area contributed by atoms with E-state index in [1.165, 1.54) is 22.5 Å². The fourth-order valence-electron chi connectivity index (χ4n) is 3.07. The molecule has 0 atom stereocenters. The minimum atomic E-state index is -0.0962. The number of benzene rings is 1. The molecule has 0 amide bonds. The standard InChI is InChI=1S/C20H15N5OS2/c1-12-4-6-13(7-5-12)25-11-24-16-15-18(21-9-14-3-2-8-27-14)22-10-23-19(15)28-17(16)20(25)26/h2-8,10-11H,9H2,1H3,(H,21,22,23). The van der Waals surface area contributed by atoms with E-state index in [9.17, 15) is 4.79 Å². The van der Waals surface area contributed by atoms with Crippen LogP contribution in [-0.4, -0.2) is 19.5 Å². The van der Waals surface area contributed by atoms with Gasteiger partial charge in [-0.05, 0) is 30.5 Å². The van der Waals surface area contributed by atoms with Gasteiger partial charge in [-0.3, -0.25) is 9.36 Å². The minimum absolute atomic E-state index is 0.0962. The molecule has 8 heteroatoms. The molecule has 28 heavy (non-hydrogen) atoms. The molecule has 0 unspecified atom stereocenters. The number of hydrogen-bond donors (Lipinski definition) is 1. The van der Waals surface area contributed by atoms with Gasteiger partial charge in [0.15, 0.2) is 0 Å². The van der Waals surface area contributed by atoms with Crippen molar-refractivity contribution in [1.82, 2.24) is 19.5 Å². The van der Waals surface area contributed by atoms with Crippen LogP contribution in [0.1, 0.15) is 10.4 Å². The van der Waals surface area contributed by atoms with Crippen LogP contribution < -0.4 is 10.9 Å². The predicted molar refractivity (Wildman–Crippen MR) is 115 cm³/mol. The van der Waals surface area contributed by atoms with Crippen LogP contribution in [0, 0.1) is 6.92 Å². The lowest BCUT2D eigenvalue weighted by Crippen LogP contribution is -2.17. The number of rotatable bonds is 4.